The summed E-state index contributed by atoms with van der Waals surface area (Å²) < 4.78 is 0. The Labute approximate surface area is 165 Å². The minimum atomic E-state index is 0.628. The first-order valence-electron chi connectivity index (χ1n) is 9.52. The van der Waals surface area contributed by atoms with E-state index in [0.29, 0.717) is 5.57 Å². The van der Waals surface area contributed by atoms with Gasteiger partial charge >= 0.3 is 0 Å². The lowest BCUT2D eigenvalue weighted by Crippen LogP contribution is -1.84. The summed E-state index contributed by atoms with van der Waals surface area (Å²) in [4.78, 5) is 7.02. The summed E-state index contributed by atoms with van der Waals surface area (Å²) in [7, 11) is 0. The van der Waals surface area contributed by atoms with Crippen molar-refractivity contribution in [3.63, 3.8) is 0 Å². The summed E-state index contributed by atoms with van der Waals surface area (Å²) in [6, 6.07) is 20.7. The van der Waals surface area contributed by atoms with E-state index in [1.807, 2.05) is 47.7 Å². The Balaban J connectivity index is 1.71. The Bertz CT molecular complexity index is 915. The van der Waals surface area contributed by atoms with Crippen molar-refractivity contribution in [3.05, 3.63) is 76.9 Å². The fourth-order valence-electron chi connectivity index (χ4n) is 3.00. The molecule has 0 bridgehead atoms. The molecular weight excluding hydrogens is 348 g/mol. The Hall–Kier alpha value is -2.70. The maximum atomic E-state index is 9.51. The second-order valence-corrected chi connectivity index (χ2v) is 7.75. The Morgan fingerprint density at radius 2 is 1.89 bits per heavy atom. The van der Waals surface area contributed by atoms with E-state index in [0.717, 1.165) is 11.3 Å². The van der Waals surface area contributed by atoms with Gasteiger partial charge in [0, 0.05) is 16.0 Å². The number of allylic oxidation sites excluding steroid dienone is 1. The normalized spacial score (nSPS) is 11.3. The van der Waals surface area contributed by atoms with Gasteiger partial charge in [0.1, 0.15) is 0 Å². The number of rotatable bonds is 8. The number of pyridine rings is 1. The molecule has 0 saturated carbocycles. The molecule has 0 aliphatic rings. The number of aryl methyl sites for hydroxylation is 1. The molecule has 0 unspecified atom stereocenters. The van der Waals surface area contributed by atoms with Crippen molar-refractivity contribution >= 4 is 23.0 Å². The largest absolute Gasteiger partial charge is 0.257 e. The summed E-state index contributed by atoms with van der Waals surface area (Å²) in [6.07, 6.45) is 9.94. The molecule has 2 heterocycles. The van der Waals surface area contributed by atoms with E-state index in [1.54, 1.807) is 6.20 Å². The van der Waals surface area contributed by atoms with E-state index >= 15 is 0 Å². The average Bonchev–Trinajstić information content (AvgIpc) is 3.19. The smallest absolute Gasteiger partial charge is 0.0998 e. The van der Waals surface area contributed by atoms with Crippen LogP contribution in [0.4, 0.5) is 0 Å². The van der Waals surface area contributed by atoms with E-state index in [1.165, 1.54) is 47.4 Å². The van der Waals surface area contributed by atoms with Crippen LogP contribution < -0.4 is 0 Å². The maximum absolute atomic E-state index is 9.51. The average molecular weight is 373 g/mol. The van der Waals surface area contributed by atoms with Gasteiger partial charge in [0.05, 0.1) is 17.3 Å². The highest BCUT2D eigenvalue weighted by Gasteiger charge is 2.06. The van der Waals surface area contributed by atoms with E-state index < -0.39 is 0 Å². The number of benzene rings is 1. The van der Waals surface area contributed by atoms with Gasteiger partial charge in [-0.25, -0.2) is 0 Å². The second kappa shape index (κ2) is 9.85. The SMILES string of the molecule is CCCCCCc1ccc(-c2ccc(/C(C#N)=C/c3ccccn3)cc2)s1. The highest BCUT2D eigenvalue weighted by atomic mass is 32.1. The van der Waals surface area contributed by atoms with Crippen LogP contribution in [-0.4, -0.2) is 4.98 Å². The molecule has 3 aromatic rings. The molecule has 0 fully saturated rings. The lowest BCUT2D eigenvalue weighted by molar-refractivity contribution is 0.670. The molecule has 2 aromatic heterocycles. The molecule has 0 spiro atoms. The number of aromatic nitrogens is 1. The first kappa shape index (κ1) is 19.1. The van der Waals surface area contributed by atoms with Gasteiger partial charge in [-0.05, 0) is 54.3 Å². The topological polar surface area (TPSA) is 36.7 Å². The monoisotopic (exact) mass is 372 g/mol. The van der Waals surface area contributed by atoms with Gasteiger partial charge in [0.25, 0.3) is 0 Å². The van der Waals surface area contributed by atoms with Crippen molar-refractivity contribution in [1.82, 2.24) is 4.98 Å². The van der Waals surface area contributed by atoms with Gasteiger partial charge in [-0.1, -0.05) is 56.5 Å². The van der Waals surface area contributed by atoms with Crippen LogP contribution in [0.1, 0.15) is 48.7 Å². The summed E-state index contributed by atoms with van der Waals surface area (Å²) in [5.41, 5.74) is 3.55. The molecule has 0 saturated heterocycles. The fourth-order valence-corrected chi connectivity index (χ4v) is 4.05. The minimum Gasteiger partial charge on any atom is -0.257 e. The molecule has 136 valence electrons. The van der Waals surface area contributed by atoms with Gasteiger partial charge in [-0.15, -0.1) is 11.3 Å². The molecule has 2 nitrogen and oxygen atoms in total. The van der Waals surface area contributed by atoms with Gasteiger partial charge < -0.3 is 0 Å². The van der Waals surface area contributed by atoms with Crippen LogP contribution in [0.3, 0.4) is 0 Å². The van der Waals surface area contributed by atoms with Crippen LogP contribution in [0.25, 0.3) is 22.1 Å². The standard InChI is InChI=1S/C24H24N2S/c1-2-3-4-5-9-23-14-15-24(27-23)20-12-10-19(11-13-20)21(18-25)17-22-8-6-7-16-26-22/h6-8,10-17H,2-5,9H2,1H3/b21-17+. The summed E-state index contributed by atoms with van der Waals surface area (Å²) in [5.74, 6) is 0. The van der Waals surface area contributed by atoms with Crippen molar-refractivity contribution in [2.45, 2.75) is 39.0 Å². The number of unbranched alkanes of at least 4 members (excludes halogenated alkanes) is 3. The van der Waals surface area contributed by atoms with Crippen molar-refractivity contribution in [2.24, 2.45) is 0 Å². The van der Waals surface area contributed by atoms with Crippen LogP contribution in [0, 0.1) is 11.3 Å². The molecule has 0 atom stereocenters. The van der Waals surface area contributed by atoms with Gasteiger partial charge in [0.15, 0.2) is 0 Å². The fraction of sp³-hybridized carbons (Fsp3) is 0.250. The lowest BCUT2D eigenvalue weighted by Gasteiger charge is -2.02. The molecule has 0 N–H and O–H groups in total. The van der Waals surface area contributed by atoms with Crippen molar-refractivity contribution in [1.29, 1.82) is 5.26 Å². The van der Waals surface area contributed by atoms with Gasteiger partial charge in [-0.2, -0.15) is 5.26 Å². The lowest BCUT2D eigenvalue weighted by atomic mass is 10.0. The number of hydrogen-bond acceptors (Lipinski definition) is 3. The van der Waals surface area contributed by atoms with Crippen LogP contribution in [0.2, 0.25) is 0 Å². The van der Waals surface area contributed by atoms with Crippen LogP contribution in [0.5, 0.6) is 0 Å². The number of thiophene rings is 1. The van der Waals surface area contributed by atoms with E-state index in [9.17, 15) is 5.26 Å². The van der Waals surface area contributed by atoms with Crippen LogP contribution in [-0.2, 0) is 6.42 Å². The van der Waals surface area contributed by atoms with Crippen LogP contribution >= 0.6 is 11.3 Å². The Morgan fingerprint density at radius 1 is 1.04 bits per heavy atom. The van der Waals surface area contributed by atoms with Crippen molar-refractivity contribution < 1.29 is 0 Å². The molecular formula is C24H24N2S. The predicted molar refractivity (Wildman–Crippen MR) is 115 cm³/mol. The molecule has 3 rings (SSSR count). The summed E-state index contributed by atoms with van der Waals surface area (Å²) in [6.45, 7) is 2.25. The summed E-state index contributed by atoms with van der Waals surface area (Å²) >= 11 is 1.88. The first-order valence-corrected chi connectivity index (χ1v) is 10.3. The third kappa shape index (κ3) is 5.39. The number of nitriles is 1. The Kier molecular flexibility index (Phi) is 6.96. The third-order valence-corrected chi connectivity index (χ3v) is 5.71. The van der Waals surface area contributed by atoms with Gasteiger partial charge in [-0.3, -0.25) is 4.98 Å². The first-order chi connectivity index (χ1) is 13.3. The molecule has 27 heavy (non-hydrogen) atoms. The second-order valence-electron chi connectivity index (χ2n) is 6.58. The van der Waals surface area contributed by atoms with Gasteiger partial charge in [0.2, 0.25) is 0 Å². The molecule has 1 aromatic carbocycles. The highest BCUT2D eigenvalue weighted by Crippen LogP contribution is 2.30. The highest BCUT2D eigenvalue weighted by molar-refractivity contribution is 7.15. The summed E-state index contributed by atoms with van der Waals surface area (Å²) in [5, 5.41) is 9.51. The number of nitrogens with zero attached hydrogens (tertiary/aromatic N) is 2. The zero-order chi connectivity index (χ0) is 18.9. The van der Waals surface area contributed by atoms with E-state index in [2.05, 4.69) is 42.2 Å². The third-order valence-electron chi connectivity index (χ3n) is 4.52. The van der Waals surface area contributed by atoms with E-state index in [4.69, 9.17) is 0 Å². The van der Waals surface area contributed by atoms with E-state index in [-0.39, 0.29) is 0 Å². The predicted octanol–water partition coefficient (Wildman–Crippen LogP) is 7.00. The molecule has 0 aliphatic carbocycles. The Morgan fingerprint density at radius 3 is 2.59 bits per heavy atom. The zero-order valence-corrected chi connectivity index (χ0v) is 16.5. The van der Waals surface area contributed by atoms with Crippen molar-refractivity contribution in [3.8, 4) is 16.5 Å². The molecule has 3 heteroatoms. The maximum Gasteiger partial charge on any atom is 0.0998 e. The minimum absolute atomic E-state index is 0.628. The number of hydrogen-bond donors (Lipinski definition) is 0. The van der Waals surface area contributed by atoms with Crippen molar-refractivity contribution in [2.75, 3.05) is 0 Å². The van der Waals surface area contributed by atoms with Crippen LogP contribution in [0.15, 0.2) is 60.8 Å². The molecule has 0 amide bonds. The molecule has 0 aliphatic heterocycles. The quantitative estimate of drug-likeness (QED) is 0.315. The molecule has 0 radical (unpaired) electrons. The zero-order valence-electron chi connectivity index (χ0n) is 15.7.